The molecular formula is C13H11ClO. The van der Waals surface area contributed by atoms with Crippen LogP contribution in [0.25, 0.3) is 10.8 Å². The zero-order valence-corrected chi connectivity index (χ0v) is 9.16. The summed E-state index contributed by atoms with van der Waals surface area (Å²) >= 11 is 5.48. The Morgan fingerprint density at radius 1 is 1.13 bits per heavy atom. The fraction of sp³-hybridized carbons (Fsp3) is 0.154. The summed E-state index contributed by atoms with van der Waals surface area (Å²) in [6, 6.07) is 14.0. The summed E-state index contributed by atoms with van der Waals surface area (Å²) < 4.78 is 0. The fourth-order valence-electron chi connectivity index (χ4n) is 1.61. The number of rotatable bonds is 2. The van der Waals surface area contributed by atoms with Crippen molar-refractivity contribution < 1.29 is 4.79 Å². The summed E-state index contributed by atoms with van der Waals surface area (Å²) in [5, 5.41) is 2.00. The minimum Gasteiger partial charge on any atom is -0.281 e. The summed E-state index contributed by atoms with van der Waals surface area (Å²) in [5.74, 6) is -0.240. The lowest BCUT2D eigenvalue weighted by Gasteiger charge is -2.07. The van der Waals surface area contributed by atoms with Crippen LogP contribution in [0.15, 0.2) is 42.5 Å². The topological polar surface area (TPSA) is 17.1 Å². The zero-order chi connectivity index (χ0) is 10.8. The van der Waals surface area contributed by atoms with Gasteiger partial charge in [0.05, 0.1) is 5.92 Å². The third kappa shape index (κ3) is 2.02. The van der Waals surface area contributed by atoms with Crippen LogP contribution < -0.4 is 0 Å². The SMILES string of the molecule is C[C@@H](C(=O)Cl)c1ccc2ccccc2c1. The lowest BCUT2D eigenvalue weighted by molar-refractivity contribution is -0.112. The highest BCUT2D eigenvalue weighted by atomic mass is 35.5. The van der Waals surface area contributed by atoms with Crippen LogP contribution in [-0.2, 0) is 4.79 Å². The van der Waals surface area contributed by atoms with Gasteiger partial charge >= 0.3 is 0 Å². The molecule has 1 atom stereocenters. The second-order valence-electron chi connectivity index (χ2n) is 3.63. The van der Waals surface area contributed by atoms with Crippen LogP contribution in [0.4, 0.5) is 0 Å². The van der Waals surface area contributed by atoms with Gasteiger partial charge in [0.25, 0.3) is 0 Å². The highest BCUT2D eigenvalue weighted by Crippen LogP contribution is 2.22. The van der Waals surface area contributed by atoms with Gasteiger partial charge in [-0.25, -0.2) is 0 Å². The molecule has 0 aromatic heterocycles. The maximum Gasteiger partial charge on any atom is 0.228 e. The van der Waals surface area contributed by atoms with Crippen molar-refractivity contribution in [2.45, 2.75) is 12.8 Å². The summed E-state index contributed by atoms with van der Waals surface area (Å²) in [5.41, 5.74) is 0.966. The second kappa shape index (κ2) is 4.03. The van der Waals surface area contributed by atoms with Crippen molar-refractivity contribution in [3.05, 3.63) is 48.0 Å². The molecule has 76 valence electrons. The third-order valence-corrected chi connectivity index (χ3v) is 2.94. The fourth-order valence-corrected chi connectivity index (χ4v) is 1.73. The number of carbonyl (C=O) groups is 1. The highest BCUT2D eigenvalue weighted by Gasteiger charge is 2.12. The van der Waals surface area contributed by atoms with Crippen LogP contribution in [-0.4, -0.2) is 5.24 Å². The average molecular weight is 219 g/mol. The molecule has 0 bridgehead atoms. The second-order valence-corrected chi connectivity index (χ2v) is 4.00. The number of halogens is 1. The van der Waals surface area contributed by atoms with E-state index in [1.165, 1.54) is 5.39 Å². The average Bonchev–Trinajstić information content (AvgIpc) is 2.27. The van der Waals surface area contributed by atoms with Crippen molar-refractivity contribution >= 4 is 27.6 Å². The molecule has 0 saturated carbocycles. The zero-order valence-electron chi connectivity index (χ0n) is 8.41. The Morgan fingerprint density at radius 2 is 1.80 bits per heavy atom. The summed E-state index contributed by atoms with van der Waals surface area (Å²) in [6.45, 7) is 1.82. The van der Waals surface area contributed by atoms with Gasteiger partial charge in [-0.05, 0) is 27.9 Å². The molecule has 0 N–H and O–H groups in total. The predicted octanol–water partition coefficient (Wildman–Crippen LogP) is 3.71. The largest absolute Gasteiger partial charge is 0.281 e. The number of hydrogen-bond acceptors (Lipinski definition) is 1. The van der Waals surface area contributed by atoms with Gasteiger partial charge < -0.3 is 0 Å². The molecule has 2 rings (SSSR count). The minimum absolute atomic E-state index is 0.240. The van der Waals surface area contributed by atoms with Gasteiger partial charge in [0.15, 0.2) is 0 Å². The first kappa shape index (κ1) is 10.2. The molecular weight excluding hydrogens is 208 g/mol. The lowest BCUT2D eigenvalue weighted by atomic mass is 9.99. The van der Waals surface area contributed by atoms with E-state index in [-0.39, 0.29) is 11.2 Å². The smallest absolute Gasteiger partial charge is 0.228 e. The Balaban J connectivity index is 2.51. The van der Waals surface area contributed by atoms with Gasteiger partial charge in [-0.1, -0.05) is 49.4 Å². The van der Waals surface area contributed by atoms with Gasteiger partial charge in [-0.2, -0.15) is 0 Å². The van der Waals surface area contributed by atoms with E-state index >= 15 is 0 Å². The molecule has 2 aromatic rings. The van der Waals surface area contributed by atoms with Crippen LogP contribution in [0, 0.1) is 0 Å². The van der Waals surface area contributed by atoms with E-state index in [4.69, 9.17) is 11.6 Å². The number of hydrogen-bond donors (Lipinski definition) is 0. The molecule has 0 aliphatic carbocycles. The normalized spacial score (nSPS) is 12.7. The Labute approximate surface area is 93.7 Å². The molecule has 0 aliphatic rings. The van der Waals surface area contributed by atoms with Crippen LogP contribution in [0.2, 0.25) is 0 Å². The summed E-state index contributed by atoms with van der Waals surface area (Å²) in [6.07, 6.45) is 0. The molecule has 2 heteroatoms. The van der Waals surface area contributed by atoms with Gasteiger partial charge in [0, 0.05) is 0 Å². The van der Waals surface area contributed by atoms with Crippen molar-refractivity contribution in [1.29, 1.82) is 0 Å². The molecule has 0 saturated heterocycles. The Kier molecular flexibility index (Phi) is 2.74. The van der Waals surface area contributed by atoms with Gasteiger partial charge in [-0.3, -0.25) is 4.79 Å². The first-order valence-corrected chi connectivity index (χ1v) is 5.24. The first-order chi connectivity index (χ1) is 7.18. The van der Waals surface area contributed by atoms with E-state index in [1.54, 1.807) is 0 Å². The summed E-state index contributed by atoms with van der Waals surface area (Å²) in [7, 11) is 0. The highest BCUT2D eigenvalue weighted by molar-refractivity contribution is 6.64. The summed E-state index contributed by atoms with van der Waals surface area (Å²) in [4.78, 5) is 11.0. The van der Waals surface area contributed by atoms with Crippen molar-refractivity contribution in [3.8, 4) is 0 Å². The minimum atomic E-state index is -0.315. The van der Waals surface area contributed by atoms with Gasteiger partial charge in [0.1, 0.15) is 0 Å². The van der Waals surface area contributed by atoms with Crippen molar-refractivity contribution in [2.75, 3.05) is 0 Å². The Bertz CT molecular complexity index is 505. The van der Waals surface area contributed by atoms with E-state index < -0.39 is 0 Å². The predicted molar refractivity (Wildman–Crippen MR) is 63.2 cm³/mol. The van der Waals surface area contributed by atoms with E-state index in [0.717, 1.165) is 10.9 Å². The number of carbonyl (C=O) groups excluding carboxylic acids is 1. The van der Waals surface area contributed by atoms with Crippen LogP contribution in [0.1, 0.15) is 18.4 Å². The lowest BCUT2D eigenvalue weighted by Crippen LogP contribution is -2.01. The van der Waals surface area contributed by atoms with Gasteiger partial charge in [0.2, 0.25) is 5.24 Å². The number of fused-ring (bicyclic) bond motifs is 1. The molecule has 0 fully saturated rings. The maximum atomic E-state index is 11.0. The standard InChI is InChI=1S/C13H11ClO/c1-9(13(14)15)11-7-6-10-4-2-3-5-12(10)8-11/h2-9H,1H3/t9-/m1/s1. The number of benzene rings is 2. The Morgan fingerprint density at radius 3 is 2.47 bits per heavy atom. The van der Waals surface area contributed by atoms with E-state index in [9.17, 15) is 4.79 Å². The molecule has 0 spiro atoms. The molecule has 0 aliphatic heterocycles. The van der Waals surface area contributed by atoms with Crippen LogP contribution >= 0.6 is 11.6 Å². The quantitative estimate of drug-likeness (QED) is 0.703. The van der Waals surface area contributed by atoms with Crippen LogP contribution in [0.3, 0.4) is 0 Å². The monoisotopic (exact) mass is 218 g/mol. The Hall–Kier alpha value is -1.34. The van der Waals surface area contributed by atoms with E-state index in [2.05, 4.69) is 0 Å². The van der Waals surface area contributed by atoms with Crippen molar-refractivity contribution in [3.63, 3.8) is 0 Å². The molecule has 0 radical (unpaired) electrons. The van der Waals surface area contributed by atoms with Crippen molar-refractivity contribution in [1.82, 2.24) is 0 Å². The van der Waals surface area contributed by atoms with Crippen molar-refractivity contribution in [2.24, 2.45) is 0 Å². The first-order valence-electron chi connectivity index (χ1n) is 4.86. The van der Waals surface area contributed by atoms with Gasteiger partial charge in [-0.15, -0.1) is 0 Å². The maximum absolute atomic E-state index is 11.0. The molecule has 2 aromatic carbocycles. The molecule has 15 heavy (non-hydrogen) atoms. The molecule has 0 heterocycles. The molecule has 1 nitrogen and oxygen atoms in total. The van der Waals surface area contributed by atoms with E-state index in [0.29, 0.717) is 0 Å². The van der Waals surface area contributed by atoms with E-state index in [1.807, 2.05) is 49.4 Å². The molecule has 0 amide bonds. The molecule has 0 unspecified atom stereocenters. The third-order valence-electron chi connectivity index (χ3n) is 2.61. The van der Waals surface area contributed by atoms with Crippen LogP contribution in [0.5, 0.6) is 0 Å².